The number of hydrogen-bond donors (Lipinski definition) is 2. The molecule has 0 aliphatic rings. The number of nitrogens with one attached hydrogen (secondary N) is 1. The second-order valence-electron chi connectivity index (χ2n) is 4.47. The van der Waals surface area contributed by atoms with Gasteiger partial charge in [0, 0.05) is 12.6 Å². The van der Waals surface area contributed by atoms with Crippen LogP contribution in [-0.2, 0) is 0 Å². The molecule has 0 saturated carbocycles. The van der Waals surface area contributed by atoms with E-state index < -0.39 is 24.7 Å². The van der Waals surface area contributed by atoms with Crippen molar-refractivity contribution in [1.29, 1.82) is 0 Å². The Bertz CT molecular complexity index is 722. The van der Waals surface area contributed by atoms with Crippen LogP contribution in [-0.4, -0.2) is 46.8 Å². The summed E-state index contributed by atoms with van der Waals surface area (Å²) in [6.07, 6.45) is -7.36. The Labute approximate surface area is 122 Å². The summed E-state index contributed by atoms with van der Waals surface area (Å²) in [6, 6.07) is 4.35. The zero-order chi connectivity index (χ0) is 15.8. The number of aliphatic hydroxyl groups is 1. The summed E-state index contributed by atoms with van der Waals surface area (Å²) in [7, 11) is 1.17. The van der Waals surface area contributed by atoms with E-state index in [2.05, 4.69) is 4.98 Å². The number of fused-ring (bicyclic) bond motifs is 1. The van der Waals surface area contributed by atoms with E-state index in [1.807, 2.05) is 0 Å². The molecule has 1 heterocycles. The number of halogens is 3. The zero-order valence-corrected chi connectivity index (χ0v) is 11.6. The molecule has 21 heavy (non-hydrogen) atoms. The van der Waals surface area contributed by atoms with Crippen molar-refractivity contribution in [2.24, 2.45) is 0 Å². The van der Waals surface area contributed by atoms with Crippen molar-refractivity contribution in [3.63, 3.8) is 0 Å². The van der Waals surface area contributed by atoms with Crippen LogP contribution >= 0.6 is 12.2 Å². The molecule has 9 heteroatoms. The summed E-state index contributed by atoms with van der Waals surface area (Å²) in [5.41, 5.74) is 1.04. The van der Waals surface area contributed by atoms with Gasteiger partial charge < -0.3 is 19.4 Å². The number of hydrogen-bond acceptors (Lipinski definition) is 4. The summed E-state index contributed by atoms with van der Waals surface area (Å²) in [5.74, 6) is -0.664. The van der Waals surface area contributed by atoms with Gasteiger partial charge in [0.15, 0.2) is 11.7 Å². The fraction of sp³-hybridized carbons (Fsp3) is 0.333. The van der Waals surface area contributed by atoms with Gasteiger partial charge >= 0.3 is 6.18 Å². The Morgan fingerprint density at radius 3 is 2.81 bits per heavy atom. The number of rotatable bonds is 3. The predicted molar refractivity (Wildman–Crippen MR) is 70.4 cm³/mol. The lowest BCUT2D eigenvalue weighted by Crippen LogP contribution is -2.41. The van der Waals surface area contributed by atoms with Gasteiger partial charge in [0.1, 0.15) is 0 Å². The molecule has 1 atom stereocenters. The van der Waals surface area contributed by atoms with Crippen molar-refractivity contribution in [2.75, 3.05) is 13.6 Å². The van der Waals surface area contributed by atoms with E-state index in [-0.39, 0.29) is 10.4 Å². The van der Waals surface area contributed by atoms with E-state index in [9.17, 15) is 18.0 Å². The van der Waals surface area contributed by atoms with Crippen LogP contribution < -0.4 is 0 Å². The number of likely N-dealkylation sites (N-methyl/N-ethyl adjacent to an activating group) is 1. The lowest BCUT2D eigenvalue weighted by Gasteiger charge is -2.22. The molecule has 0 radical (unpaired) electrons. The molecule has 2 N–H and O–H groups in total. The minimum Gasteiger partial charge on any atom is -0.429 e. The fourth-order valence-corrected chi connectivity index (χ4v) is 1.94. The largest absolute Gasteiger partial charge is 0.429 e. The minimum atomic E-state index is -4.77. The van der Waals surface area contributed by atoms with Gasteiger partial charge in [0.25, 0.3) is 10.7 Å². The maximum absolute atomic E-state index is 12.3. The number of nitrogens with zero attached hydrogens (tertiary/aromatic N) is 1. The van der Waals surface area contributed by atoms with Crippen LogP contribution in [0.5, 0.6) is 0 Å². The fourth-order valence-electron chi connectivity index (χ4n) is 1.74. The van der Waals surface area contributed by atoms with Crippen molar-refractivity contribution < 1.29 is 27.5 Å². The molecule has 1 aromatic carbocycles. The Kier molecular flexibility index (Phi) is 4.06. The van der Waals surface area contributed by atoms with Crippen LogP contribution in [0, 0.1) is 4.84 Å². The third-order valence-corrected chi connectivity index (χ3v) is 3.02. The van der Waals surface area contributed by atoms with Gasteiger partial charge in [-0.15, -0.1) is 0 Å². The number of carbonyl (C=O) groups is 1. The Balaban J connectivity index is 2.19. The highest BCUT2D eigenvalue weighted by molar-refractivity contribution is 7.71. The number of aliphatic hydroxyl groups excluding tert-OH is 1. The first-order valence-electron chi connectivity index (χ1n) is 5.81. The number of H-pyrrole nitrogens is 1. The molecule has 1 amide bonds. The van der Waals surface area contributed by atoms with Crippen LogP contribution in [0.15, 0.2) is 22.6 Å². The highest BCUT2D eigenvalue weighted by Gasteiger charge is 2.39. The number of aromatic nitrogens is 1. The van der Waals surface area contributed by atoms with Crippen molar-refractivity contribution >= 4 is 29.2 Å². The molecule has 0 aliphatic heterocycles. The van der Waals surface area contributed by atoms with Gasteiger partial charge in [-0.25, -0.2) is 0 Å². The molecule has 0 bridgehead atoms. The van der Waals surface area contributed by atoms with Crippen LogP contribution in [0.2, 0.25) is 0 Å². The number of alkyl halides is 3. The highest BCUT2D eigenvalue weighted by atomic mass is 32.1. The topological polar surface area (TPSA) is 69.5 Å². The van der Waals surface area contributed by atoms with E-state index in [1.54, 1.807) is 0 Å². The van der Waals surface area contributed by atoms with E-state index in [1.165, 1.54) is 25.2 Å². The van der Waals surface area contributed by atoms with Gasteiger partial charge in [-0.2, -0.15) is 13.2 Å². The number of carbonyl (C=O) groups excluding carboxylic acids is 1. The maximum atomic E-state index is 12.3. The van der Waals surface area contributed by atoms with Crippen LogP contribution in [0.25, 0.3) is 11.1 Å². The van der Waals surface area contributed by atoms with Crippen molar-refractivity contribution in [1.82, 2.24) is 9.88 Å². The molecule has 0 spiro atoms. The first-order chi connectivity index (χ1) is 9.68. The quantitative estimate of drug-likeness (QED) is 0.853. The van der Waals surface area contributed by atoms with Gasteiger partial charge in [0.2, 0.25) is 0 Å². The smallest absolute Gasteiger partial charge is 0.416 e. The number of oxazole rings is 1. The van der Waals surface area contributed by atoms with Gasteiger partial charge in [-0.05, 0) is 30.4 Å². The first kappa shape index (κ1) is 15.5. The monoisotopic (exact) mass is 320 g/mol. The van der Waals surface area contributed by atoms with E-state index in [0.717, 1.165) is 4.90 Å². The molecular formula is C12H11F3N2O3S. The van der Waals surface area contributed by atoms with Crippen LogP contribution in [0.1, 0.15) is 10.4 Å². The molecule has 1 aromatic heterocycles. The summed E-state index contributed by atoms with van der Waals surface area (Å²) in [5, 5.41) is 8.97. The highest BCUT2D eigenvalue weighted by Crippen LogP contribution is 2.21. The van der Waals surface area contributed by atoms with E-state index in [4.69, 9.17) is 21.7 Å². The minimum absolute atomic E-state index is 0.135. The standard InChI is InChI=1S/C12H11F3N2O3S/c1-17(5-9(18)12(13,14)15)10(19)6-2-3-7-8(4-6)20-11(21)16-7/h2-4,9,18H,5H2,1H3,(H,16,21). The molecule has 1 unspecified atom stereocenters. The average molecular weight is 320 g/mol. The number of amides is 1. The second kappa shape index (κ2) is 5.49. The zero-order valence-electron chi connectivity index (χ0n) is 10.8. The van der Waals surface area contributed by atoms with Gasteiger partial charge in [-0.1, -0.05) is 0 Å². The maximum Gasteiger partial charge on any atom is 0.416 e. The van der Waals surface area contributed by atoms with Crippen molar-refractivity contribution in [3.05, 3.63) is 28.6 Å². The Morgan fingerprint density at radius 2 is 2.19 bits per heavy atom. The van der Waals surface area contributed by atoms with Crippen molar-refractivity contribution in [3.8, 4) is 0 Å². The van der Waals surface area contributed by atoms with Crippen LogP contribution in [0.4, 0.5) is 13.2 Å². The van der Waals surface area contributed by atoms with Crippen molar-refractivity contribution in [2.45, 2.75) is 12.3 Å². The lowest BCUT2D eigenvalue weighted by molar-refractivity contribution is -0.205. The molecule has 114 valence electrons. The molecule has 5 nitrogen and oxygen atoms in total. The number of benzene rings is 1. The average Bonchev–Trinajstić information content (AvgIpc) is 2.75. The Morgan fingerprint density at radius 1 is 1.52 bits per heavy atom. The van der Waals surface area contributed by atoms with Gasteiger partial charge in [0.05, 0.1) is 12.1 Å². The predicted octanol–water partition coefficient (Wildman–Crippen LogP) is 2.49. The third kappa shape index (κ3) is 3.42. The van der Waals surface area contributed by atoms with Crippen LogP contribution in [0.3, 0.4) is 0 Å². The molecule has 2 aromatic rings. The summed E-state index contributed by atoms with van der Waals surface area (Å²) < 4.78 is 41.9. The van der Waals surface area contributed by atoms with E-state index in [0.29, 0.717) is 11.1 Å². The molecule has 2 rings (SSSR count). The normalized spacial score (nSPS) is 13.4. The Hall–Kier alpha value is -1.87. The lowest BCUT2D eigenvalue weighted by atomic mass is 10.1. The SMILES string of the molecule is CN(CC(O)C(F)(F)F)C(=O)c1ccc2[nH]c(=S)oc2c1. The number of aromatic amines is 1. The summed E-state index contributed by atoms with van der Waals surface area (Å²) in [6.45, 7) is -0.850. The molecule has 0 fully saturated rings. The summed E-state index contributed by atoms with van der Waals surface area (Å²) >= 11 is 4.80. The van der Waals surface area contributed by atoms with E-state index >= 15 is 0 Å². The molecule has 0 aliphatic carbocycles. The molecular weight excluding hydrogens is 309 g/mol. The summed E-state index contributed by atoms with van der Waals surface area (Å²) in [4.78, 5) is 15.7. The second-order valence-corrected chi connectivity index (χ2v) is 4.84. The van der Waals surface area contributed by atoms with Gasteiger partial charge in [-0.3, -0.25) is 4.79 Å². The molecule has 0 saturated heterocycles. The third-order valence-electron chi connectivity index (χ3n) is 2.84. The first-order valence-corrected chi connectivity index (χ1v) is 6.22.